The Balaban J connectivity index is 0.00000162. The van der Waals surface area contributed by atoms with Crippen LogP contribution in [0.4, 0.5) is 5.69 Å². The molecule has 1 unspecified atom stereocenters. The molecule has 6 heteroatoms. The molecule has 2 rings (SSSR count). The van der Waals surface area contributed by atoms with Crippen LogP contribution >= 0.6 is 0 Å². The predicted molar refractivity (Wildman–Crippen MR) is 71.0 cm³/mol. The molecule has 4 nitrogen and oxygen atoms in total. The van der Waals surface area contributed by atoms with Crippen LogP contribution in [-0.2, 0) is 55.1 Å². The van der Waals surface area contributed by atoms with Crippen LogP contribution in [0.25, 0.3) is 5.73 Å². The van der Waals surface area contributed by atoms with Crippen molar-refractivity contribution in [2.75, 3.05) is 5.32 Å². The summed E-state index contributed by atoms with van der Waals surface area (Å²) in [4.78, 5) is 22.2. The average Bonchev–Trinajstić information content (AvgIpc) is 2.54. The molecule has 0 fully saturated rings. The Hall–Kier alpha value is -0.671. The van der Waals surface area contributed by atoms with Crippen molar-refractivity contribution in [3.63, 3.8) is 0 Å². The third-order valence-electron chi connectivity index (χ3n) is 3.07. The number of benzene rings is 1. The van der Waals surface area contributed by atoms with E-state index in [2.05, 4.69) is 12.2 Å². The van der Waals surface area contributed by atoms with Crippen LogP contribution in [0.5, 0.6) is 0 Å². The fourth-order valence-electron chi connectivity index (χ4n) is 2.20. The number of anilines is 1. The van der Waals surface area contributed by atoms with Gasteiger partial charge < -0.3 is 22.8 Å². The molecule has 2 N–H and O–H groups in total. The molecule has 0 bridgehead atoms. The first-order valence-electron chi connectivity index (χ1n) is 5.41. The summed E-state index contributed by atoms with van der Waals surface area (Å²) in [6.07, 6.45) is 0.975. The monoisotopic (exact) mass is 330 g/mol. The summed E-state index contributed by atoms with van der Waals surface area (Å²) in [5, 5.41) is 2.70. The van der Waals surface area contributed by atoms with Gasteiger partial charge in [0.25, 0.3) is 0 Å². The van der Waals surface area contributed by atoms with Gasteiger partial charge >= 0.3 is 0 Å². The first-order valence-corrected chi connectivity index (χ1v) is 5.41. The van der Waals surface area contributed by atoms with E-state index in [4.69, 9.17) is 5.73 Å². The largest absolute Gasteiger partial charge is 0.670 e. The Kier molecular flexibility index (Phi) is 6.43. The minimum absolute atomic E-state index is 0. The van der Waals surface area contributed by atoms with E-state index < -0.39 is 11.3 Å². The van der Waals surface area contributed by atoms with Crippen molar-refractivity contribution in [3.05, 3.63) is 42.0 Å². The summed E-state index contributed by atoms with van der Waals surface area (Å²) >= 11 is 0. The zero-order valence-electron chi connectivity index (χ0n) is 10.8. The number of fused-ring (bicyclic) bond motifs is 1. The molecule has 2 amide bonds. The second-order valence-corrected chi connectivity index (χ2v) is 4.63. The van der Waals surface area contributed by atoms with Crippen LogP contribution in [0.1, 0.15) is 18.1 Å². The summed E-state index contributed by atoms with van der Waals surface area (Å²) in [5.74, 6) is -0.754. The maximum atomic E-state index is 11.2. The van der Waals surface area contributed by atoms with Gasteiger partial charge in [-0.15, -0.1) is 5.41 Å². The predicted octanol–water partition coefficient (Wildman–Crippen LogP) is 1.76. The molecular formula is C13H14BN2O2Y-2. The van der Waals surface area contributed by atoms with Gasteiger partial charge in [0.05, 0.1) is 0 Å². The van der Waals surface area contributed by atoms with Crippen molar-refractivity contribution in [1.82, 2.24) is 0 Å². The van der Waals surface area contributed by atoms with Crippen LogP contribution in [0.3, 0.4) is 0 Å². The van der Waals surface area contributed by atoms with Crippen molar-refractivity contribution >= 4 is 25.9 Å². The molecule has 19 heavy (non-hydrogen) atoms. The van der Waals surface area contributed by atoms with Crippen LogP contribution in [0.15, 0.2) is 18.2 Å². The van der Waals surface area contributed by atoms with Crippen LogP contribution in [-0.4, -0.2) is 20.2 Å². The van der Waals surface area contributed by atoms with Gasteiger partial charge in [-0.05, 0) is 36.1 Å². The third-order valence-corrected chi connectivity index (χ3v) is 3.07. The number of hydrogen-bond acceptors (Lipinski definition) is 2. The third kappa shape index (κ3) is 3.90. The summed E-state index contributed by atoms with van der Waals surface area (Å²) in [7, 11) is 0. The summed E-state index contributed by atoms with van der Waals surface area (Å²) in [6, 6.07) is 5.55. The Morgan fingerprint density at radius 3 is 2.42 bits per heavy atom. The molecule has 1 aromatic rings. The van der Waals surface area contributed by atoms with E-state index in [0.717, 1.165) is 16.8 Å². The molecule has 0 saturated carbocycles. The average molecular weight is 330 g/mol. The maximum Gasteiger partial charge on any atom is 0.221 e. The molecular weight excluding hydrogens is 316 g/mol. The number of hydrogen-bond donors (Lipinski definition) is 1. The van der Waals surface area contributed by atoms with E-state index in [-0.39, 0.29) is 47.0 Å². The van der Waals surface area contributed by atoms with Gasteiger partial charge in [0, 0.05) is 59.6 Å². The van der Waals surface area contributed by atoms with E-state index in [1.807, 2.05) is 12.1 Å². The Morgan fingerprint density at radius 1 is 1.32 bits per heavy atom. The topological polar surface area (TPSA) is 70.0 Å². The fourth-order valence-corrected chi connectivity index (χ4v) is 2.20. The Labute approximate surface area is 140 Å². The molecule has 0 aromatic heterocycles. The molecule has 1 aliphatic carbocycles. The molecule has 0 saturated heterocycles. The van der Waals surface area contributed by atoms with E-state index in [1.54, 1.807) is 6.07 Å². The van der Waals surface area contributed by atoms with Crippen molar-refractivity contribution in [2.45, 2.75) is 19.8 Å². The van der Waals surface area contributed by atoms with Crippen LogP contribution < -0.4 is 5.32 Å². The quantitative estimate of drug-likeness (QED) is 0.663. The van der Waals surface area contributed by atoms with Crippen molar-refractivity contribution in [1.29, 1.82) is 0 Å². The van der Waals surface area contributed by atoms with Gasteiger partial charge in [-0.1, -0.05) is 6.07 Å². The first kappa shape index (κ1) is 18.3. The number of nitrogens with one attached hydrogen (secondary N) is 2. The second kappa shape index (κ2) is 6.67. The number of carbonyl (C=O) groups excluding carboxylic acids is 2. The molecule has 1 aliphatic rings. The van der Waals surface area contributed by atoms with Gasteiger partial charge in [0.2, 0.25) is 5.91 Å². The summed E-state index contributed by atoms with van der Waals surface area (Å²) in [6.45, 7) is 5.30. The van der Waals surface area contributed by atoms with E-state index in [1.165, 1.54) is 6.92 Å². The van der Waals surface area contributed by atoms with E-state index in [0.29, 0.717) is 12.8 Å². The Morgan fingerprint density at radius 2 is 1.89 bits per heavy atom. The van der Waals surface area contributed by atoms with E-state index in [9.17, 15) is 9.59 Å². The zero-order chi connectivity index (χ0) is 12.6. The van der Waals surface area contributed by atoms with Crippen LogP contribution in [0, 0.1) is 12.3 Å². The molecule has 1 aromatic carbocycles. The Bertz CT molecular complexity index is 507. The smallest absolute Gasteiger partial charge is 0.221 e. The normalized spacial score (nSPS) is 19.7. The minimum Gasteiger partial charge on any atom is -0.670 e. The molecule has 0 aliphatic heterocycles. The van der Waals surface area contributed by atoms with Gasteiger partial charge in [0.1, 0.15) is 0 Å². The standard InChI is InChI=1S/C13H15N2O2.B.Y/c1-8(16)15-11-4-3-9-6-13(2,12(14)17)7-10(9)5-11;;/h3-5H,2,6-7H2,1H3,(H3,14,15,16,17);;/q-1;;/p-1. The molecule has 0 heterocycles. The number of amides is 2. The van der Waals surface area contributed by atoms with Gasteiger partial charge in [-0.2, -0.15) is 0 Å². The summed E-state index contributed by atoms with van der Waals surface area (Å²) in [5.41, 5.74) is 9.14. The molecule has 0 spiro atoms. The molecule has 4 radical (unpaired) electrons. The van der Waals surface area contributed by atoms with Gasteiger partial charge in [-0.3, -0.25) is 4.79 Å². The zero-order valence-corrected chi connectivity index (χ0v) is 13.7. The van der Waals surface area contributed by atoms with Crippen molar-refractivity contribution in [2.24, 2.45) is 5.41 Å². The van der Waals surface area contributed by atoms with Crippen molar-refractivity contribution in [3.8, 4) is 0 Å². The summed E-state index contributed by atoms with van der Waals surface area (Å²) < 4.78 is 0. The number of carbonyl (C=O) groups is 2. The number of rotatable bonds is 2. The van der Waals surface area contributed by atoms with E-state index >= 15 is 0 Å². The second-order valence-electron chi connectivity index (χ2n) is 4.63. The SMILES string of the molecule is [B].[CH2-]C1(C([NH-])=O)Cc2ccc(NC(C)=O)cc2C1.[Y]. The van der Waals surface area contributed by atoms with Gasteiger partial charge in [0.15, 0.2) is 0 Å². The van der Waals surface area contributed by atoms with Crippen molar-refractivity contribution < 1.29 is 42.3 Å². The molecule has 1 atom stereocenters. The van der Waals surface area contributed by atoms with Gasteiger partial charge in [-0.25, -0.2) is 0 Å². The van der Waals surface area contributed by atoms with Crippen LogP contribution in [0.2, 0.25) is 0 Å². The maximum absolute atomic E-state index is 11.2. The minimum atomic E-state index is -0.850. The molecule has 96 valence electrons. The first-order chi connectivity index (χ1) is 7.90. The fraction of sp³-hybridized carbons (Fsp3) is 0.308.